The number of nitrogens with one attached hydrogen (secondary N) is 1. The smallest absolute Gasteiger partial charge is 0.273 e. The molecule has 21 heavy (non-hydrogen) atoms. The molecule has 0 spiro atoms. The van der Waals surface area contributed by atoms with Crippen LogP contribution < -0.4 is 10.1 Å². The van der Waals surface area contributed by atoms with E-state index >= 15 is 0 Å². The monoisotopic (exact) mass is 314 g/mol. The number of nitrogens with zero attached hydrogens (tertiary/aromatic N) is 1. The molecule has 1 aromatic rings. The Morgan fingerprint density at radius 1 is 1.43 bits per heavy atom. The fourth-order valence-corrected chi connectivity index (χ4v) is 4.23. The van der Waals surface area contributed by atoms with Crippen molar-refractivity contribution in [2.45, 2.75) is 24.6 Å². The second-order valence-electron chi connectivity index (χ2n) is 5.06. The van der Waals surface area contributed by atoms with Crippen LogP contribution in [0.2, 0.25) is 0 Å². The molecular weight excluding hydrogens is 296 g/mol. The molecule has 116 valence electrons. The Labute approximate surface area is 123 Å². The van der Waals surface area contributed by atoms with Gasteiger partial charge in [-0.15, -0.1) is 0 Å². The molecule has 0 aliphatic carbocycles. The number of nitro groups is 1. The van der Waals surface area contributed by atoms with E-state index in [1.807, 2.05) is 0 Å². The predicted molar refractivity (Wildman–Crippen MR) is 78.2 cm³/mol. The minimum Gasteiger partial charge on any atom is -0.496 e. The molecule has 1 heterocycles. The zero-order chi connectivity index (χ0) is 15.5. The van der Waals surface area contributed by atoms with E-state index in [-0.39, 0.29) is 16.7 Å². The van der Waals surface area contributed by atoms with Crippen LogP contribution in [0.5, 0.6) is 5.75 Å². The summed E-state index contributed by atoms with van der Waals surface area (Å²) in [6.07, 6.45) is 1.38. The van der Waals surface area contributed by atoms with Crippen LogP contribution in [0.4, 0.5) is 5.69 Å². The maximum atomic E-state index is 11.7. The first-order valence-electron chi connectivity index (χ1n) is 6.67. The van der Waals surface area contributed by atoms with Crippen LogP contribution in [0, 0.1) is 10.1 Å². The van der Waals surface area contributed by atoms with Gasteiger partial charge in [0.15, 0.2) is 9.84 Å². The maximum absolute atomic E-state index is 11.7. The first-order chi connectivity index (χ1) is 9.92. The van der Waals surface area contributed by atoms with Crippen molar-refractivity contribution in [3.05, 3.63) is 33.9 Å². The highest BCUT2D eigenvalue weighted by atomic mass is 32.2. The second kappa shape index (κ2) is 6.40. The van der Waals surface area contributed by atoms with Gasteiger partial charge in [-0.3, -0.25) is 10.1 Å². The summed E-state index contributed by atoms with van der Waals surface area (Å²) in [5, 5.41) is 13.6. The van der Waals surface area contributed by atoms with Crippen molar-refractivity contribution < 1.29 is 18.1 Å². The third-order valence-corrected chi connectivity index (χ3v) is 5.84. The number of ether oxygens (including phenoxy) is 1. The summed E-state index contributed by atoms with van der Waals surface area (Å²) in [4.78, 5) is 10.4. The van der Waals surface area contributed by atoms with Crippen molar-refractivity contribution in [1.29, 1.82) is 0 Å². The van der Waals surface area contributed by atoms with Gasteiger partial charge in [-0.1, -0.05) is 0 Å². The number of benzene rings is 1. The van der Waals surface area contributed by atoms with E-state index in [0.29, 0.717) is 37.2 Å². The van der Waals surface area contributed by atoms with Crippen molar-refractivity contribution in [3.63, 3.8) is 0 Å². The van der Waals surface area contributed by atoms with Crippen LogP contribution in [0.1, 0.15) is 18.4 Å². The highest BCUT2D eigenvalue weighted by Crippen LogP contribution is 2.23. The maximum Gasteiger partial charge on any atom is 0.273 e. The van der Waals surface area contributed by atoms with Gasteiger partial charge < -0.3 is 10.1 Å². The third-order valence-electron chi connectivity index (χ3n) is 3.56. The van der Waals surface area contributed by atoms with Crippen LogP contribution in [0.25, 0.3) is 0 Å². The number of rotatable bonds is 6. The Hall–Kier alpha value is -1.67. The number of non-ortho nitro benzene ring substituents is 1. The molecule has 1 saturated heterocycles. The summed E-state index contributed by atoms with van der Waals surface area (Å²) in [5.41, 5.74) is 0.649. The van der Waals surface area contributed by atoms with Gasteiger partial charge in [0, 0.05) is 19.2 Å². The first-order valence-corrected chi connectivity index (χ1v) is 8.38. The van der Waals surface area contributed by atoms with Crippen molar-refractivity contribution in [3.8, 4) is 5.75 Å². The number of hydrogen-bond donors (Lipinski definition) is 1. The molecule has 1 atom stereocenters. The first kappa shape index (κ1) is 15.7. The molecule has 0 radical (unpaired) electrons. The van der Waals surface area contributed by atoms with Crippen LogP contribution in [0.15, 0.2) is 18.2 Å². The minimum absolute atomic E-state index is 0.0420. The van der Waals surface area contributed by atoms with E-state index in [1.54, 1.807) is 6.07 Å². The Balaban J connectivity index is 2.00. The predicted octanol–water partition coefficient (Wildman–Crippen LogP) is 1.27. The molecule has 8 heteroatoms. The van der Waals surface area contributed by atoms with Gasteiger partial charge in [-0.05, 0) is 24.5 Å². The van der Waals surface area contributed by atoms with Crippen molar-refractivity contribution in [1.82, 2.24) is 5.32 Å². The third kappa shape index (κ3) is 3.92. The molecular formula is C13H18N2O5S. The molecule has 0 saturated carbocycles. The van der Waals surface area contributed by atoms with E-state index in [1.165, 1.54) is 19.2 Å². The summed E-state index contributed by atoms with van der Waals surface area (Å²) in [6, 6.07) is 4.51. The number of nitro benzene ring substituents is 1. The molecule has 0 amide bonds. The van der Waals surface area contributed by atoms with Gasteiger partial charge >= 0.3 is 0 Å². The quantitative estimate of drug-likeness (QED) is 0.627. The van der Waals surface area contributed by atoms with E-state index < -0.39 is 14.8 Å². The minimum atomic E-state index is -2.97. The van der Waals surface area contributed by atoms with Gasteiger partial charge in [-0.25, -0.2) is 8.42 Å². The van der Waals surface area contributed by atoms with Crippen molar-refractivity contribution in [2.75, 3.05) is 19.4 Å². The number of hydrogen-bond acceptors (Lipinski definition) is 6. The Morgan fingerprint density at radius 3 is 2.76 bits per heavy atom. The lowest BCUT2D eigenvalue weighted by molar-refractivity contribution is -0.385. The van der Waals surface area contributed by atoms with E-state index in [2.05, 4.69) is 5.32 Å². The molecule has 1 fully saturated rings. The van der Waals surface area contributed by atoms with Gasteiger partial charge in [0.05, 0.1) is 29.1 Å². The van der Waals surface area contributed by atoms with Gasteiger partial charge in [0.2, 0.25) is 0 Å². The molecule has 2 rings (SSSR count). The SMILES string of the molecule is COc1cc(CNCC2CCCS2(=O)=O)cc([N+](=O)[O-])c1. The fourth-order valence-electron chi connectivity index (χ4n) is 2.43. The summed E-state index contributed by atoms with van der Waals surface area (Å²) in [7, 11) is -1.53. The van der Waals surface area contributed by atoms with Crippen molar-refractivity contribution in [2.24, 2.45) is 0 Å². The topological polar surface area (TPSA) is 98.5 Å². The molecule has 1 N–H and O–H groups in total. The summed E-state index contributed by atoms with van der Waals surface area (Å²) in [5.74, 6) is 0.666. The molecule has 0 aromatic heterocycles. The zero-order valence-corrected chi connectivity index (χ0v) is 12.6. The Bertz CT molecular complexity index is 629. The molecule has 1 aliphatic rings. The van der Waals surface area contributed by atoms with Crippen molar-refractivity contribution >= 4 is 15.5 Å². The molecule has 1 aromatic carbocycles. The van der Waals surface area contributed by atoms with Crippen LogP contribution in [-0.4, -0.2) is 38.0 Å². The summed E-state index contributed by atoms with van der Waals surface area (Å²) in [6.45, 7) is 0.734. The van der Waals surface area contributed by atoms with Crippen LogP contribution in [-0.2, 0) is 16.4 Å². The van der Waals surface area contributed by atoms with E-state index in [9.17, 15) is 18.5 Å². The molecule has 1 unspecified atom stereocenters. The largest absolute Gasteiger partial charge is 0.496 e. The molecule has 7 nitrogen and oxygen atoms in total. The van der Waals surface area contributed by atoms with E-state index in [4.69, 9.17) is 4.74 Å². The Kier molecular flexibility index (Phi) is 4.79. The lowest BCUT2D eigenvalue weighted by atomic mass is 10.2. The molecule has 1 aliphatic heterocycles. The zero-order valence-electron chi connectivity index (χ0n) is 11.7. The highest BCUT2D eigenvalue weighted by Gasteiger charge is 2.30. The van der Waals surface area contributed by atoms with Gasteiger partial charge in [0.1, 0.15) is 5.75 Å². The van der Waals surface area contributed by atoms with E-state index in [0.717, 1.165) is 0 Å². The number of methoxy groups -OCH3 is 1. The highest BCUT2D eigenvalue weighted by molar-refractivity contribution is 7.92. The second-order valence-corrected chi connectivity index (χ2v) is 7.46. The lowest BCUT2D eigenvalue weighted by Gasteiger charge is -2.11. The van der Waals surface area contributed by atoms with Gasteiger partial charge in [-0.2, -0.15) is 0 Å². The average Bonchev–Trinajstić information content (AvgIpc) is 2.77. The fraction of sp³-hybridized carbons (Fsp3) is 0.538. The van der Waals surface area contributed by atoms with Crippen LogP contribution >= 0.6 is 0 Å². The lowest BCUT2D eigenvalue weighted by Crippen LogP contribution is -2.30. The summed E-state index contributed by atoms with van der Waals surface area (Å²) >= 11 is 0. The van der Waals surface area contributed by atoms with Gasteiger partial charge in [0.25, 0.3) is 5.69 Å². The Morgan fingerprint density at radius 2 is 2.19 bits per heavy atom. The normalized spacial score (nSPS) is 20.3. The average molecular weight is 314 g/mol. The standard InChI is InChI=1S/C13H18N2O5S/c1-20-12-6-10(5-11(7-12)15(16)17)8-14-9-13-3-2-4-21(13,18)19/h5-7,13-14H,2-4,8-9H2,1H3. The molecule has 0 bridgehead atoms. The van der Waals surface area contributed by atoms with Crippen LogP contribution in [0.3, 0.4) is 0 Å². The number of sulfone groups is 1. The summed E-state index contributed by atoms with van der Waals surface area (Å²) < 4.78 is 28.4.